The number of aromatic nitrogens is 1. The van der Waals surface area contributed by atoms with Gasteiger partial charge in [0.1, 0.15) is 12.1 Å². The van der Waals surface area contributed by atoms with Gasteiger partial charge in [-0.15, -0.1) is 11.3 Å². The molecule has 1 spiro atoms. The van der Waals surface area contributed by atoms with Crippen molar-refractivity contribution >= 4 is 45.1 Å². The van der Waals surface area contributed by atoms with Crippen LogP contribution in [-0.2, 0) is 21.5 Å². The third kappa shape index (κ3) is 3.66. The number of imide groups is 1. The van der Waals surface area contributed by atoms with Gasteiger partial charge in [0, 0.05) is 10.9 Å². The van der Waals surface area contributed by atoms with E-state index in [1.807, 2.05) is 60.0 Å². The lowest BCUT2D eigenvalue weighted by atomic mass is 9.76. The third-order valence-corrected chi connectivity index (χ3v) is 7.51. The Hall–Kier alpha value is -4.04. The lowest BCUT2D eigenvalue weighted by Gasteiger charge is -2.33. The smallest absolute Gasteiger partial charge is 0.319 e. The van der Waals surface area contributed by atoms with Gasteiger partial charge in [-0.05, 0) is 47.2 Å². The molecule has 1 saturated heterocycles. The van der Waals surface area contributed by atoms with E-state index in [-0.39, 0.29) is 12.5 Å². The summed E-state index contributed by atoms with van der Waals surface area (Å²) in [6, 6.07) is 21.3. The van der Waals surface area contributed by atoms with Crippen molar-refractivity contribution in [3.63, 3.8) is 0 Å². The molecular formula is C27H22N4O3S. The zero-order valence-electron chi connectivity index (χ0n) is 18.8. The van der Waals surface area contributed by atoms with Crippen LogP contribution in [0.1, 0.15) is 24.0 Å². The van der Waals surface area contributed by atoms with Crippen molar-refractivity contribution in [2.75, 3.05) is 11.9 Å². The minimum absolute atomic E-state index is 0.362. The first-order chi connectivity index (χ1) is 17.0. The molecule has 1 aliphatic carbocycles. The van der Waals surface area contributed by atoms with Gasteiger partial charge in [0.15, 0.2) is 5.13 Å². The molecule has 6 rings (SSSR count). The van der Waals surface area contributed by atoms with Gasteiger partial charge in [0.2, 0.25) is 5.91 Å². The van der Waals surface area contributed by atoms with Crippen molar-refractivity contribution in [1.29, 1.82) is 0 Å². The summed E-state index contributed by atoms with van der Waals surface area (Å²) in [5.41, 5.74) is 2.50. The SMILES string of the molecule is O=C(CN1C(=O)NC2(CCCc3ccccc32)C1=O)Nc1nc(-c2ccc3ccccc3c2)cs1. The van der Waals surface area contributed by atoms with E-state index < -0.39 is 17.5 Å². The highest BCUT2D eigenvalue weighted by Crippen LogP contribution is 2.39. The predicted molar refractivity (Wildman–Crippen MR) is 135 cm³/mol. The van der Waals surface area contributed by atoms with Crippen LogP contribution in [-0.4, -0.2) is 34.3 Å². The van der Waals surface area contributed by atoms with Crippen LogP contribution in [0.5, 0.6) is 0 Å². The minimum Gasteiger partial charge on any atom is -0.319 e. The average Bonchev–Trinajstić information content (AvgIpc) is 3.43. The van der Waals surface area contributed by atoms with E-state index in [0.717, 1.165) is 50.9 Å². The number of rotatable bonds is 4. The van der Waals surface area contributed by atoms with Crippen molar-refractivity contribution in [3.05, 3.63) is 83.2 Å². The highest BCUT2D eigenvalue weighted by molar-refractivity contribution is 7.14. The fourth-order valence-corrected chi connectivity index (χ4v) is 5.81. The summed E-state index contributed by atoms with van der Waals surface area (Å²) in [7, 11) is 0. The second kappa shape index (κ2) is 8.32. The van der Waals surface area contributed by atoms with Gasteiger partial charge in [-0.2, -0.15) is 0 Å². The van der Waals surface area contributed by atoms with E-state index in [2.05, 4.69) is 27.8 Å². The number of hydrogen-bond acceptors (Lipinski definition) is 5. The monoisotopic (exact) mass is 482 g/mol. The van der Waals surface area contributed by atoms with Gasteiger partial charge in [-0.25, -0.2) is 9.78 Å². The van der Waals surface area contributed by atoms with E-state index in [9.17, 15) is 14.4 Å². The van der Waals surface area contributed by atoms with Gasteiger partial charge in [0.25, 0.3) is 5.91 Å². The summed E-state index contributed by atoms with van der Waals surface area (Å²) < 4.78 is 0. The Morgan fingerprint density at radius 1 is 1.06 bits per heavy atom. The number of urea groups is 1. The molecule has 0 saturated carbocycles. The highest BCUT2D eigenvalue weighted by Gasteiger charge is 2.54. The molecule has 4 amide bonds. The van der Waals surface area contributed by atoms with Crippen LogP contribution in [0.4, 0.5) is 9.93 Å². The maximum Gasteiger partial charge on any atom is 0.325 e. The molecule has 0 bridgehead atoms. The number of nitrogens with one attached hydrogen (secondary N) is 2. The zero-order valence-corrected chi connectivity index (χ0v) is 19.6. The number of nitrogens with zero attached hydrogens (tertiary/aromatic N) is 2. The predicted octanol–water partition coefficient (Wildman–Crippen LogP) is 4.69. The first-order valence-corrected chi connectivity index (χ1v) is 12.4. The number of benzene rings is 3. The molecule has 1 fully saturated rings. The first-order valence-electron chi connectivity index (χ1n) is 11.5. The van der Waals surface area contributed by atoms with Crippen molar-refractivity contribution < 1.29 is 14.4 Å². The molecular weight excluding hydrogens is 460 g/mol. The Morgan fingerprint density at radius 3 is 2.74 bits per heavy atom. The average molecular weight is 483 g/mol. The van der Waals surface area contributed by atoms with Crippen LogP contribution in [0.3, 0.4) is 0 Å². The van der Waals surface area contributed by atoms with Gasteiger partial charge in [-0.3, -0.25) is 14.5 Å². The number of carbonyl (C=O) groups is 3. The zero-order chi connectivity index (χ0) is 24.0. The Morgan fingerprint density at radius 2 is 1.86 bits per heavy atom. The first kappa shape index (κ1) is 21.5. The van der Waals surface area contributed by atoms with Gasteiger partial charge in [0.05, 0.1) is 5.69 Å². The van der Waals surface area contributed by atoms with Crippen LogP contribution in [0.15, 0.2) is 72.1 Å². The Balaban J connectivity index is 1.17. The number of hydrogen-bond donors (Lipinski definition) is 2. The summed E-state index contributed by atoms with van der Waals surface area (Å²) in [5, 5.41) is 10.2. The summed E-state index contributed by atoms with van der Waals surface area (Å²) in [5.74, 6) is -0.838. The Labute approximate surface area is 205 Å². The van der Waals surface area contributed by atoms with Crippen LogP contribution in [0.25, 0.3) is 22.0 Å². The van der Waals surface area contributed by atoms with Crippen LogP contribution >= 0.6 is 11.3 Å². The topological polar surface area (TPSA) is 91.4 Å². The van der Waals surface area contributed by atoms with Gasteiger partial charge < -0.3 is 10.6 Å². The van der Waals surface area contributed by atoms with Crippen molar-refractivity contribution in [3.8, 4) is 11.3 Å². The number of aryl methyl sites for hydroxylation is 1. The maximum absolute atomic E-state index is 13.4. The fraction of sp³-hybridized carbons (Fsp3) is 0.185. The lowest BCUT2D eigenvalue weighted by molar-refractivity contribution is -0.134. The fourth-order valence-electron chi connectivity index (χ4n) is 5.07. The maximum atomic E-state index is 13.4. The molecule has 0 radical (unpaired) electrons. The highest BCUT2D eigenvalue weighted by atomic mass is 32.1. The molecule has 4 aromatic rings. The van der Waals surface area contributed by atoms with E-state index in [1.165, 1.54) is 11.3 Å². The second-order valence-corrected chi connectivity index (χ2v) is 9.74. The molecule has 1 aromatic heterocycles. The number of anilines is 1. The standard InChI is InChI=1S/C27H22N4O3S/c32-23(29-25-28-22(16-35-25)20-12-11-17-6-1-2-8-19(17)14-20)15-31-24(33)27(30-26(31)34)13-5-9-18-7-3-4-10-21(18)27/h1-4,6-8,10-12,14,16H,5,9,13,15H2,(H,30,34)(H,28,29,32). The molecule has 2 aliphatic rings. The number of carbonyl (C=O) groups excluding carboxylic acids is 3. The van der Waals surface area contributed by atoms with E-state index in [4.69, 9.17) is 0 Å². The molecule has 1 atom stereocenters. The van der Waals surface area contributed by atoms with E-state index in [1.54, 1.807) is 0 Å². The minimum atomic E-state index is -1.09. The van der Waals surface area contributed by atoms with Crippen molar-refractivity contribution in [2.45, 2.75) is 24.8 Å². The molecule has 1 unspecified atom stereocenters. The molecule has 8 heteroatoms. The summed E-state index contributed by atoms with van der Waals surface area (Å²) in [6.45, 7) is -0.362. The molecule has 35 heavy (non-hydrogen) atoms. The molecule has 174 valence electrons. The lowest BCUT2D eigenvalue weighted by Crippen LogP contribution is -2.47. The van der Waals surface area contributed by atoms with Crippen LogP contribution < -0.4 is 10.6 Å². The second-order valence-electron chi connectivity index (χ2n) is 8.89. The van der Waals surface area contributed by atoms with Gasteiger partial charge >= 0.3 is 6.03 Å². The Kier molecular flexibility index (Phi) is 5.11. The van der Waals surface area contributed by atoms with E-state index >= 15 is 0 Å². The molecule has 2 N–H and O–H groups in total. The Bertz CT molecular complexity index is 1500. The number of fused-ring (bicyclic) bond motifs is 3. The van der Waals surface area contributed by atoms with Crippen LogP contribution in [0, 0.1) is 0 Å². The normalized spacial score (nSPS) is 19.1. The summed E-state index contributed by atoms with van der Waals surface area (Å²) in [6.07, 6.45) is 2.18. The summed E-state index contributed by atoms with van der Waals surface area (Å²) in [4.78, 5) is 44.5. The summed E-state index contributed by atoms with van der Waals surface area (Å²) >= 11 is 1.30. The molecule has 2 heterocycles. The number of amides is 4. The van der Waals surface area contributed by atoms with Crippen LogP contribution in [0.2, 0.25) is 0 Å². The third-order valence-electron chi connectivity index (χ3n) is 6.75. The molecule has 3 aromatic carbocycles. The van der Waals surface area contributed by atoms with Gasteiger partial charge in [-0.1, -0.05) is 60.7 Å². The van der Waals surface area contributed by atoms with Crippen molar-refractivity contribution in [2.24, 2.45) is 0 Å². The molecule has 7 nitrogen and oxygen atoms in total. The quantitative estimate of drug-likeness (QED) is 0.413. The largest absolute Gasteiger partial charge is 0.325 e. The number of thiazole rings is 1. The van der Waals surface area contributed by atoms with Crippen molar-refractivity contribution in [1.82, 2.24) is 15.2 Å². The van der Waals surface area contributed by atoms with E-state index in [0.29, 0.717) is 11.6 Å². The molecule has 1 aliphatic heterocycles.